The van der Waals surface area contributed by atoms with E-state index in [9.17, 15) is 14.9 Å². The maximum atomic E-state index is 10.6. The first kappa shape index (κ1) is 11.5. The average molecular weight is 242 g/mol. The van der Waals surface area contributed by atoms with Gasteiger partial charge in [-0.2, -0.15) is 10.4 Å². The molecule has 88 valence electrons. The summed E-state index contributed by atoms with van der Waals surface area (Å²) in [5.74, 6) is 0. The van der Waals surface area contributed by atoms with Gasteiger partial charge in [0, 0.05) is 5.56 Å². The Labute approximate surface area is 101 Å². The van der Waals surface area contributed by atoms with Crippen LogP contribution in [0.1, 0.15) is 15.9 Å². The van der Waals surface area contributed by atoms with Gasteiger partial charge < -0.3 is 0 Å². The van der Waals surface area contributed by atoms with E-state index < -0.39 is 4.92 Å². The maximum absolute atomic E-state index is 10.6. The lowest BCUT2D eigenvalue weighted by Gasteiger charge is -2.03. The van der Waals surface area contributed by atoms with Gasteiger partial charge in [-0.3, -0.25) is 14.9 Å². The minimum absolute atomic E-state index is 0.168. The second-order valence-corrected chi connectivity index (χ2v) is 3.41. The zero-order chi connectivity index (χ0) is 13.1. The van der Waals surface area contributed by atoms with Gasteiger partial charge in [0.05, 0.1) is 16.2 Å². The van der Waals surface area contributed by atoms with Crippen LogP contribution in [0.25, 0.3) is 5.69 Å². The van der Waals surface area contributed by atoms with Crippen LogP contribution in [0.4, 0.5) is 5.69 Å². The molecule has 0 radical (unpaired) electrons. The number of rotatable bonds is 3. The number of nitro groups is 1. The lowest BCUT2D eigenvalue weighted by Crippen LogP contribution is -1.98. The fourth-order valence-electron chi connectivity index (χ4n) is 1.46. The van der Waals surface area contributed by atoms with Gasteiger partial charge in [0.1, 0.15) is 24.7 Å². The van der Waals surface area contributed by atoms with Gasteiger partial charge in [-0.05, 0) is 18.2 Å². The van der Waals surface area contributed by atoms with E-state index in [-0.39, 0.29) is 11.3 Å². The van der Waals surface area contributed by atoms with Crippen LogP contribution in [-0.2, 0) is 0 Å². The summed E-state index contributed by atoms with van der Waals surface area (Å²) in [4.78, 5) is 20.6. The molecule has 0 N–H and O–H groups in total. The van der Waals surface area contributed by atoms with Crippen LogP contribution >= 0.6 is 0 Å². The van der Waals surface area contributed by atoms with Crippen molar-refractivity contribution in [2.45, 2.75) is 0 Å². The zero-order valence-electron chi connectivity index (χ0n) is 8.98. The molecule has 7 nitrogen and oxygen atoms in total. The van der Waals surface area contributed by atoms with Crippen molar-refractivity contribution in [1.29, 1.82) is 5.26 Å². The molecule has 0 amide bonds. The number of hydrogen-bond acceptors (Lipinski definition) is 5. The number of nitriles is 1. The van der Waals surface area contributed by atoms with Crippen LogP contribution in [0.5, 0.6) is 0 Å². The second-order valence-electron chi connectivity index (χ2n) is 3.41. The van der Waals surface area contributed by atoms with Crippen LogP contribution < -0.4 is 0 Å². The number of nitrogens with zero attached hydrogens (tertiary/aromatic N) is 4. The van der Waals surface area contributed by atoms with E-state index in [1.807, 2.05) is 6.07 Å². The SMILES string of the molecule is N#Cc1cc(C=O)ccc1-n1cc([N+](=O)[O-])cn1. The highest BCUT2D eigenvalue weighted by Crippen LogP contribution is 2.17. The molecule has 18 heavy (non-hydrogen) atoms. The third-order valence-electron chi connectivity index (χ3n) is 2.30. The quantitative estimate of drug-likeness (QED) is 0.460. The molecule has 0 aliphatic heterocycles. The van der Waals surface area contributed by atoms with Gasteiger partial charge in [0.25, 0.3) is 0 Å². The topological polar surface area (TPSA) is 102 Å². The number of benzene rings is 1. The van der Waals surface area contributed by atoms with Crippen molar-refractivity contribution in [3.63, 3.8) is 0 Å². The van der Waals surface area contributed by atoms with Crippen molar-refractivity contribution in [2.24, 2.45) is 0 Å². The minimum Gasteiger partial charge on any atom is -0.298 e. The smallest absolute Gasteiger partial charge is 0.298 e. The highest BCUT2D eigenvalue weighted by atomic mass is 16.6. The number of hydrogen-bond donors (Lipinski definition) is 0. The van der Waals surface area contributed by atoms with Gasteiger partial charge in [0.2, 0.25) is 0 Å². The molecule has 1 heterocycles. The van der Waals surface area contributed by atoms with Gasteiger partial charge in [0.15, 0.2) is 0 Å². The molecular formula is C11H6N4O3. The Morgan fingerprint density at radius 1 is 1.50 bits per heavy atom. The third kappa shape index (κ3) is 1.94. The largest absolute Gasteiger partial charge is 0.307 e. The number of carbonyl (C=O) groups excluding carboxylic acids is 1. The Morgan fingerprint density at radius 3 is 2.83 bits per heavy atom. The lowest BCUT2D eigenvalue weighted by molar-refractivity contribution is -0.384. The Kier molecular flexibility index (Phi) is 2.85. The van der Waals surface area contributed by atoms with Crippen molar-refractivity contribution in [3.05, 3.63) is 51.8 Å². The normalized spacial score (nSPS) is 9.72. The Hall–Kier alpha value is -3.01. The summed E-state index contributed by atoms with van der Waals surface area (Å²) in [5.41, 5.74) is 0.795. The van der Waals surface area contributed by atoms with E-state index in [0.29, 0.717) is 17.5 Å². The summed E-state index contributed by atoms with van der Waals surface area (Å²) in [6.07, 6.45) is 2.92. The Morgan fingerprint density at radius 2 is 2.28 bits per heavy atom. The molecule has 0 aliphatic carbocycles. The van der Waals surface area contributed by atoms with Crippen molar-refractivity contribution < 1.29 is 9.72 Å². The fourth-order valence-corrected chi connectivity index (χ4v) is 1.46. The van der Waals surface area contributed by atoms with E-state index in [1.54, 1.807) is 0 Å². The first-order chi connectivity index (χ1) is 8.65. The van der Waals surface area contributed by atoms with Crippen molar-refractivity contribution in [3.8, 4) is 11.8 Å². The molecule has 0 bridgehead atoms. The predicted molar refractivity (Wildman–Crippen MR) is 60.3 cm³/mol. The van der Waals surface area contributed by atoms with E-state index in [4.69, 9.17) is 5.26 Å². The number of carbonyl (C=O) groups is 1. The molecule has 0 atom stereocenters. The average Bonchev–Trinajstić information content (AvgIpc) is 2.87. The van der Waals surface area contributed by atoms with Crippen molar-refractivity contribution >= 4 is 12.0 Å². The summed E-state index contributed by atoms with van der Waals surface area (Å²) in [6.45, 7) is 0. The van der Waals surface area contributed by atoms with Crippen LogP contribution in [0.3, 0.4) is 0 Å². The van der Waals surface area contributed by atoms with Crippen molar-refractivity contribution in [1.82, 2.24) is 9.78 Å². The molecule has 2 rings (SSSR count). The zero-order valence-corrected chi connectivity index (χ0v) is 8.98. The summed E-state index contributed by atoms with van der Waals surface area (Å²) >= 11 is 0. The molecule has 2 aromatic rings. The minimum atomic E-state index is -0.574. The highest BCUT2D eigenvalue weighted by molar-refractivity contribution is 5.76. The molecule has 0 saturated heterocycles. The predicted octanol–water partition coefficient (Wildman–Crippen LogP) is 1.46. The monoisotopic (exact) mass is 242 g/mol. The first-order valence-corrected chi connectivity index (χ1v) is 4.84. The molecule has 0 unspecified atom stereocenters. The van der Waals surface area contributed by atoms with Gasteiger partial charge in [-0.1, -0.05) is 0 Å². The van der Waals surface area contributed by atoms with Crippen LogP contribution in [-0.4, -0.2) is 21.0 Å². The number of aromatic nitrogens is 2. The molecule has 0 fully saturated rings. The number of aldehydes is 1. The summed E-state index contributed by atoms with van der Waals surface area (Å²) in [6, 6.07) is 6.34. The summed E-state index contributed by atoms with van der Waals surface area (Å²) in [5, 5.41) is 23.3. The Balaban J connectivity index is 2.53. The van der Waals surface area contributed by atoms with E-state index in [1.165, 1.54) is 29.1 Å². The fraction of sp³-hybridized carbons (Fsp3) is 0. The van der Waals surface area contributed by atoms with E-state index in [2.05, 4.69) is 5.10 Å². The van der Waals surface area contributed by atoms with E-state index >= 15 is 0 Å². The maximum Gasteiger partial charge on any atom is 0.307 e. The van der Waals surface area contributed by atoms with Gasteiger partial charge in [-0.25, -0.2) is 4.68 Å². The molecule has 7 heteroatoms. The van der Waals surface area contributed by atoms with Crippen molar-refractivity contribution in [2.75, 3.05) is 0 Å². The Bertz CT molecular complexity index is 669. The molecule has 0 spiro atoms. The van der Waals surface area contributed by atoms with E-state index in [0.717, 1.165) is 6.20 Å². The van der Waals surface area contributed by atoms with Crippen LogP contribution in [0.2, 0.25) is 0 Å². The first-order valence-electron chi connectivity index (χ1n) is 4.84. The summed E-state index contributed by atoms with van der Waals surface area (Å²) < 4.78 is 1.23. The molecule has 1 aromatic heterocycles. The highest BCUT2D eigenvalue weighted by Gasteiger charge is 2.12. The summed E-state index contributed by atoms with van der Waals surface area (Å²) in [7, 11) is 0. The standard InChI is InChI=1S/C11H6N4O3/c12-4-9-3-8(7-16)1-2-11(9)14-6-10(5-13-14)15(17)18/h1-3,5-7H. The lowest BCUT2D eigenvalue weighted by atomic mass is 10.1. The molecule has 0 saturated carbocycles. The molecule has 1 aromatic carbocycles. The molecule has 0 aliphatic rings. The molecular weight excluding hydrogens is 236 g/mol. The second kappa shape index (κ2) is 4.47. The van der Waals surface area contributed by atoms with Gasteiger partial charge in [-0.15, -0.1) is 0 Å². The van der Waals surface area contributed by atoms with Gasteiger partial charge >= 0.3 is 5.69 Å². The third-order valence-corrected chi connectivity index (χ3v) is 2.30. The van der Waals surface area contributed by atoms with Crippen LogP contribution in [0, 0.1) is 21.4 Å². The van der Waals surface area contributed by atoms with Crippen LogP contribution in [0.15, 0.2) is 30.6 Å².